The highest BCUT2D eigenvalue weighted by molar-refractivity contribution is 6.08. The van der Waals surface area contributed by atoms with Gasteiger partial charge in [-0.05, 0) is 12.1 Å². The van der Waals surface area contributed by atoms with Gasteiger partial charge in [-0.1, -0.05) is 30.3 Å². The summed E-state index contributed by atoms with van der Waals surface area (Å²) in [6.45, 7) is 1.98. The Labute approximate surface area is 162 Å². The number of rotatable bonds is 5. The third kappa shape index (κ3) is 3.57. The number of anilines is 1. The minimum absolute atomic E-state index is 0.0507. The van der Waals surface area contributed by atoms with Crippen LogP contribution in [0.3, 0.4) is 0 Å². The first-order valence-electron chi connectivity index (χ1n) is 8.93. The fourth-order valence-electron chi connectivity index (χ4n) is 2.96. The van der Waals surface area contributed by atoms with Crippen molar-refractivity contribution in [2.45, 2.75) is 13.0 Å². The number of aromatic nitrogens is 1. The van der Waals surface area contributed by atoms with Gasteiger partial charge in [0.15, 0.2) is 29.7 Å². The smallest absolute Gasteiger partial charge is 0.293 e. The Hall–Kier alpha value is -3.67. The molecule has 1 aromatic heterocycles. The number of ketones is 1. The van der Waals surface area contributed by atoms with Gasteiger partial charge < -0.3 is 14.8 Å². The van der Waals surface area contributed by atoms with Gasteiger partial charge in [0.25, 0.3) is 5.91 Å². The van der Waals surface area contributed by atoms with Crippen molar-refractivity contribution < 1.29 is 23.6 Å². The second-order valence-corrected chi connectivity index (χ2v) is 6.46. The van der Waals surface area contributed by atoms with E-state index in [0.29, 0.717) is 28.3 Å². The van der Waals surface area contributed by atoms with Crippen molar-refractivity contribution in [2.24, 2.45) is 0 Å². The van der Waals surface area contributed by atoms with Crippen molar-refractivity contribution in [3.63, 3.8) is 0 Å². The van der Waals surface area contributed by atoms with Crippen LogP contribution in [0.5, 0.6) is 11.5 Å². The molecule has 3 aromatic rings. The van der Waals surface area contributed by atoms with Gasteiger partial charge in [0, 0.05) is 41.9 Å². The maximum atomic E-state index is 12.6. The van der Waals surface area contributed by atoms with Crippen LogP contribution in [-0.2, 0) is 4.79 Å². The number of carbonyl (C=O) groups excluding carboxylic acids is 2. The third-order valence-corrected chi connectivity index (χ3v) is 4.62. The fourth-order valence-corrected chi connectivity index (χ4v) is 2.96. The summed E-state index contributed by atoms with van der Waals surface area (Å²) in [6.07, 6.45) is 3.47. The Morgan fingerprint density at radius 1 is 0.929 bits per heavy atom. The summed E-state index contributed by atoms with van der Waals surface area (Å²) in [4.78, 5) is 25.1. The lowest BCUT2D eigenvalue weighted by Crippen LogP contribution is -2.44. The summed E-state index contributed by atoms with van der Waals surface area (Å²) < 4.78 is 12.4. The number of fused-ring (bicyclic) bond motifs is 1. The van der Waals surface area contributed by atoms with Gasteiger partial charge in [-0.25, -0.2) is 0 Å². The van der Waals surface area contributed by atoms with E-state index in [-0.39, 0.29) is 18.5 Å². The molecule has 6 heteroatoms. The van der Waals surface area contributed by atoms with Crippen LogP contribution in [0.25, 0.3) is 0 Å². The summed E-state index contributed by atoms with van der Waals surface area (Å²) in [5.41, 5.74) is 1.84. The van der Waals surface area contributed by atoms with Crippen molar-refractivity contribution in [3.8, 4) is 11.5 Å². The van der Waals surface area contributed by atoms with Crippen LogP contribution >= 0.6 is 0 Å². The molecule has 0 aliphatic carbocycles. The number of pyridine rings is 1. The van der Waals surface area contributed by atoms with Gasteiger partial charge in [0.2, 0.25) is 12.8 Å². The van der Waals surface area contributed by atoms with Gasteiger partial charge in [-0.15, -0.1) is 0 Å². The molecule has 1 amide bonds. The number of nitrogens with zero attached hydrogens (tertiary/aromatic N) is 1. The van der Waals surface area contributed by atoms with Crippen molar-refractivity contribution in [2.75, 3.05) is 12.1 Å². The van der Waals surface area contributed by atoms with E-state index < -0.39 is 6.04 Å². The molecule has 1 N–H and O–H groups in total. The van der Waals surface area contributed by atoms with E-state index in [1.807, 2.05) is 18.2 Å². The van der Waals surface area contributed by atoms with Crippen molar-refractivity contribution >= 4 is 17.4 Å². The van der Waals surface area contributed by atoms with Gasteiger partial charge in [-0.3, -0.25) is 9.59 Å². The Morgan fingerprint density at radius 2 is 1.61 bits per heavy atom. The summed E-state index contributed by atoms with van der Waals surface area (Å²) >= 11 is 0. The first kappa shape index (κ1) is 17.7. The summed E-state index contributed by atoms with van der Waals surface area (Å²) in [6, 6.07) is 17.4. The largest absolute Gasteiger partial charge is 0.454 e. The van der Waals surface area contributed by atoms with E-state index in [4.69, 9.17) is 9.47 Å². The molecule has 0 radical (unpaired) electrons. The van der Waals surface area contributed by atoms with E-state index >= 15 is 0 Å². The van der Waals surface area contributed by atoms with Crippen LogP contribution in [0.2, 0.25) is 0 Å². The molecule has 0 spiro atoms. The Bertz CT molecular complexity index is 1020. The van der Waals surface area contributed by atoms with Gasteiger partial charge >= 0.3 is 0 Å². The second kappa shape index (κ2) is 7.52. The molecule has 0 saturated heterocycles. The molecule has 4 rings (SSSR count). The Morgan fingerprint density at radius 3 is 2.36 bits per heavy atom. The molecule has 1 atom stereocenters. The maximum Gasteiger partial charge on any atom is 0.293 e. The van der Waals surface area contributed by atoms with Crippen molar-refractivity contribution in [3.05, 3.63) is 84.2 Å². The molecule has 1 aliphatic heterocycles. The van der Waals surface area contributed by atoms with Crippen molar-refractivity contribution in [1.82, 2.24) is 0 Å². The average molecular weight is 375 g/mol. The standard InChI is InChI=1S/C22H18N2O4/c1-15(22(26)23-18-7-8-19-20(13-18)28-14-27-19)24-11-9-17(10-12-24)21(25)16-5-3-2-4-6-16/h2-13,15H,14H2,1H3/p+1/t15-/m0/s1. The molecule has 0 saturated carbocycles. The Balaban J connectivity index is 1.45. The van der Waals surface area contributed by atoms with E-state index in [1.165, 1.54) is 0 Å². The number of nitrogens with one attached hydrogen (secondary N) is 1. The lowest BCUT2D eigenvalue weighted by Gasteiger charge is -2.09. The lowest BCUT2D eigenvalue weighted by atomic mass is 10.0. The molecule has 28 heavy (non-hydrogen) atoms. The van der Waals surface area contributed by atoms with E-state index in [9.17, 15) is 9.59 Å². The minimum Gasteiger partial charge on any atom is -0.454 e. The zero-order chi connectivity index (χ0) is 19.5. The predicted molar refractivity (Wildman–Crippen MR) is 102 cm³/mol. The molecule has 0 bridgehead atoms. The lowest BCUT2D eigenvalue weighted by molar-refractivity contribution is -0.705. The average Bonchev–Trinajstić information content (AvgIpc) is 3.21. The molecule has 140 valence electrons. The summed E-state index contributed by atoms with van der Waals surface area (Å²) in [5, 5.41) is 2.87. The Kier molecular flexibility index (Phi) is 4.76. The predicted octanol–water partition coefficient (Wildman–Crippen LogP) is 3.13. The van der Waals surface area contributed by atoms with Gasteiger partial charge in [0.1, 0.15) is 0 Å². The second-order valence-electron chi connectivity index (χ2n) is 6.46. The van der Waals surface area contributed by atoms with E-state index in [2.05, 4.69) is 5.32 Å². The fraction of sp³-hybridized carbons (Fsp3) is 0.136. The SMILES string of the molecule is C[C@@H](C(=O)Nc1ccc2c(c1)OCO2)[n+]1ccc(C(=O)c2ccccc2)cc1. The van der Waals surface area contributed by atoms with Gasteiger partial charge in [0.05, 0.1) is 0 Å². The number of amides is 1. The number of hydrogen-bond donors (Lipinski definition) is 1. The molecule has 1 aliphatic rings. The highest BCUT2D eigenvalue weighted by Crippen LogP contribution is 2.34. The molecular weight excluding hydrogens is 356 g/mol. The van der Waals surface area contributed by atoms with Crippen LogP contribution in [0.15, 0.2) is 73.1 Å². The number of carbonyl (C=O) groups is 2. The first-order chi connectivity index (χ1) is 13.6. The summed E-state index contributed by atoms with van der Waals surface area (Å²) in [7, 11) is 0. The van der Waals surface area contributed by atoms with Crippen LogP contribution < -0.4 is 19.4 Å². The topological polar surface area (TPSA) is 68.5 Å². The number of benzene rings is 2. The van der Waals surface area contributed by atoms with Crippen molar-refractivity contribution in [1.29, 1.82) is 0 Å². The van der Waals surface area contributed by atoms with Crippen LogP contribution in [0.1, 0.15) is 28.9 Å². The number of ether oxygens (including phenoxy) is 2. The molecule has 6 nitrogen and oxygen atoms in total. The highest BCUT2D eigenvalue weighted by Gasteiger charge is 2.23. The molecule has 2 aromatic carbocycles. The van der Waals surface area contributed by atoms with Crippen LogP contribution in [-0.4, -0.2) is 18.5 Å². The third-order valence-electron chi connectivity index (χ3n) is 4.62. The monoisotopic (exact) mass is 375 g/mol. The highest BCUT2D eigenvalue weighted by atomic mass is 16.7. The molecule has 0 fully saturated rings. The normalized spacial score (nSPS) is 13.0. The number of hydrogen-bond acceptors (Lipinski definition) is 4. The molecule has 0 unspecified atom stereocenters. The van der Waals surface area contributed by atoms with E-state index in [0.717, 1.165) is 0 Å². The zero-order valence-corrected chi connectivity index (χ0v) is 15.3. The minimum atomic E-state index is -0.452. The quantitative estimate of drug-likeness (QED) is 0.550. The van der Waals surface area contributed by atoms with E-state index in [1.54, 1.807) is 66.3 Å². The maximum absolute atomic E-state index is 12.6. The van der Waals surface area contributed by atoms with Gasteiger partial charge in [-0.2, -0.15) is 4.57 Å². The first-order valence-corrected chi connectivity index (χ1v) is 8.93. The molecular formula is C22H19N2O4+. The van der Waals surface area contributed by atoms with Crippen LogP contribution in [0, 0.1) is 0 Å². The summed E-state index contributed by atoms with van der Waals surface area (Å²) in [5.74, 6) is 1.05. The molecule has 2 heterocycles. The van der Waals surface area contributed by atoms with Crippen LogP contribution in [0.4, 0.5) is 5.69 Å². The zero-order valence-electron chi connectivity index (χ0n) is 15.3.